The van der Waals surface area contributed by atoms with Gasteiger partial charge in [0.15, 0.2) is 0 Å². The molecule has 120 valence electrons. The number of carbonyl (C=O) groups is 1. The van der Waals surface area contributed by atoms with E-state index in [1.807, 2.05) is 0 Å². The third-order valence-corrected chi connectivity index (χ3v) is 3.44. The van der Waals surface area contributed by atoms with Crippen molar-refractivity contribution < 1.29 is 9.18 Å². The highest BCUT2D eigenvalue weighted by molar-refractivity contribution is 6.03. The zero-order chi connectivity index (χ0) is 16.9. The van der Waals surface area contributed by atoms with Crippen molar-refractivity contribution in [3.8, 4) is 0 Å². The summed E-state index contributed by atoms with van der Waals surface area (Å²) in [4.78, 5) is 28.7. The van der Waals surface area contributed by atoms with Crippen molar-refractivity contribution in [2.45, 2.75) is 6.54 Å². The van der Waals surface area contributed by atoms with Crippen LogP contribution in [-0.4, -0.2) is 15.5 Å². The van der Waals surface area contributed by atoms with E-state index in [9.17, 15) is 14.0 Å². The number of pyridine rings is 2. The molecule has 1 aromatic carbocycles. The molecule has 2 aromatic heterocycles. The zero-order valence-corrected chi connectivity index (χ0v) is 12.6. The molecule has 6 heteroatoms. The molecule has 5 nitrogen and oxygen atoms in total. The van der Waals surface area contributed by atoms with Gasteiger partial charge in [0, 0.05) is 12.4 Å². The van der Waals surface area contributed by atoms with E-state index in [-0.39, 0.29) is 17.9 Å². The van der Waals surface area contributed by atoms with Gasteiger partial charge in [0.25, 0.3) is 11.5 Å². The first-order chi connectivity index (χ1) is 11.6. The molecular weight excluding hydrogens is 309 g/mol. The molecule has 0 aliphatic heterocycles. The van der Waals surface area contributed by atoms with E-state index in [0.29, 0.717) is 5.82 Å². The van der Waals surface area contributed by atoms with Crippen LogP contribution < -0.4 is 10.9 Å². The van der Waals surface area contributed by atoms with Gasteiger partial charge in [-0.3, -0.25) is 9.59 Å². The minimum atomic E-state index is -0.521. The highest BCUT2D eigenvalue weighted by atomic mass is 19.1. The van der Waals surface area contributed by atoms with E-state index in [1.165, 1.54) is 22.8 Å². The summed E-state index contributed by atoms with van der Waals surface area (Å²) in [5.74, 6) is -0.488. The van der Waals surface area contributed by atoms with Crippen molar-refractivity contribution in [3.05, 3.63) is 94.3 Å². The number of hydrogen-bond acceptors (Lipinski definition) is 3. The van der Waals surface area contributed by atoms with Gasteiger partial charge < -0.3 is 9.88 Å². The zero-order valence-electron chi connectivity index (χ0n) is 12.6. The lowest BCUT2D eigenvalue weighted by Crippen LogP contribution is -2.29. The summed E-state index contributed by atoms with van der Waals surface area (Å²) in [5.41, 5.74) is 0.362. The van der Waals surface area contributed by atoms with Gasteiger partial charge in [0.2, 0.25) is 0 Å². The number of anilines is 1. The van der Waals surface area contributed by atoms with Crippen LogP contribution >= 0.6 is 0 Å². The fourth-order valence-electron chi connectivity index (χ4n) is 2.24. The molecule has 0 atom stereocenters. The molecule has 0 fully saturated rings. The molecule has 0 aliphatic carbocycles. The fraction of sp³-hybridized carbons (Fsp3) is 0.0556. The van der Waals surface area contributed by atoms with Crippen molar-refractivity contribution in [3.63, 3.8) is 0 Å². The Labute approximate surface area is 137 Å². The van der Waals surface area contributed by atoms with Gasteiger partial charge in [-0.25, -0.2) is 9.37 Å². The maximum absolute atomic E-state index is 13.0. The third kappa shape index (κ3) is 3.55. The Morgan fingerprint density at radius 1 is 1.08 bits per heavy atom. The molecule has 0 spiro atoms. The van der Waals surface area contributed by atoms with Crippen molar-refractivity contribution in [1.82, 2.24) is 9.55 Å². The number of aromatic nitrogens is 2. The summed E-state index contributed by atoms with van der Waals surface area (Å²) in [6.45, 7) is 0.254. The van der Waals surface area contributed by atoms with Gasteiger partial charge in [-0.05, 0) is 42.0 Å². The van der Waals surface area contributed by atoms with E-state index >= 15 is 0 Å². The molecule has 0 unspecified atom stereocenters. The smallest absolute Gasteiger partial charge is 0.263 e. The van der Waals surface area contributed by atoms with Gasteiger partial charge in [-0.2, -0.15) is 0 Å². The van der Waals surface area contributed by atoms with Crippen LogP contribution in [0.4, 0.5) is 10.2 Å². The lowest BCUT2D eigenvalue weighted by molar-refractivity contribution is 0.102. The molecule has 24 heavy (non-hydrogen) atoms. The van der Waals surface area contributed by atoms with Crippen molar-refractivity contribution in [1.29, 1.82) is 0 Å². The van der Waals surface area contributed by atoms with Crippen LogP contribution in [-0.2, 0) is 6.54 Å². The van der Waals surface area contributed by atoms with Crippen LogP contribution in [0.1, 0.15) is 15.9 Å². The topological polar surface area (TPSA) is 64.0 Å². The Hall–Kier alpha value is -3.28. The summed E-state index contributed by atoms with van der Waals surface area (Å²) in [7, 11) is 0. The normalized spacial score (nSPS) is 10.4. The van der Waals surface area contributed by atoms with Gasteiger partial charge in [-0.1, -0.05) is 18.2 Å². The molecular formula is C18H14FN3O2. The summed E-state index contributed by atoms with van der Waals surface area (Å²) < 4.78 is 14.4. The minimum absolute atomic E-state index is 0.0188. The maximum Gasteiger partial charge on any atom is 0.263 e. The van der Waals surface area contributed by atoms with E-state index < -0.39 is 11.5 Å². The van der Waals surface area contributed by atoms with Gasteiger partial charge in [0.05, 0.1) is 6.54 Å². The SMILES string of the molecule is O=C(Nc1ccccn1)c1cccn(Cc2ccc(F)cc2)c1=O. The molecule has 0 saturated carbocycles. The van der Waals surface area contributed by atoms with E-state index in [1.54, 1.807) is 48.8 Å². The largest absolute Gasteiger partial charge is 0.310 e. The average molecular weight is 323 g/mol. The molecule has 3 aromatic rings. The number of amides is 1. The quantitative estimate of drug-likeness (QED) is 0.803. The summed E-state index contributed by atoms with van der Waals surface area (Å²) >= 11 is 0. The van der Waals surface area contributed by atoms with Gasteiger partial charge >= 0.3 is 0 Å². The number of carbonyl (C=O) groups excluding carboxylic acids is 1. The summed E-state index contributed by atoms with van der Waals surface area (Å²) in [6.07, 6.45) is 3.14. The monoisotopic (exact) mass is 323 g/mol. The summed E-state index contributed by atoms with van der Waals surface area (Å²) in [6, 6.07) is 14.0. The Balaban J connectivity index is 1.84. The molecule has 0 bridgehead atoms. The standard InChI is InChI=1S/C18H14FN3O2/c19-14-8-6-13(7-9-14)12-22-11-3-4-15(18(22)24)17(23)21-16-5-1-2-10-20-16/h1-11H,12H2,(H,20,21,23). The second kappa shape index (κ2) is 6.87. The van der Waals surface area contributed by atoms with Crippen LogP contribution in [0, 0.1) is 5.82 Å². The number of nitrogens with zero attached hydrogens (tertiary/aromatic N) is 2. The maximum atomic E-state index is 13.0. The first-order valence-electron chi connectivity index (χ1n) is 7.30. The first-order valence-corrected chi connectivity index (χ1v) is 7.30. The van der Waals surface area contributed by atoms with Crippen molar-refractivity contribution in [2.75, 3.05) is 5.32 Å². The number of halogens is 1. The lowest BCUT2D eigenvalue weighted by atomic mass is 10.2. The van der Waals surface area contributed by atoms with Crippen molar-refractivity contribution in [2.24, 2.45) is 0 Å². The lowest BCUT2D eigenvalue weighted by Gasteiger charge is -2.08. The van der Waals surface area contributed by atoms with Crippen LogP contribution in [0.5, 0.6) is 0 Å². The molecule has 3 rings (SSSR count). The molecule has 1 amide bonds. The highest BCUT2D eigenvalue weighted by Gasteiger charge is 2.13. The molecule has 0 saturated heterocycles. The second-order valence-corrected chi connectivity index (χ2v) is 5.15. The Bertz CT molecular complexity index is 906. The molecule has 0 radical (unpaired) electrons. The number of benzene rings is 1. The Morgan fingerprint density at radius 2 is 1.88 bits per heavy atom. The first kappa shape index (κ1) is 15.6. The van der Waals surface area contributed by atoms with Crippen LogP contribution in [0.2, 0.25) is 0 Å². The molecule has 2 heterocycles. The Kier molecular flexibility index (Phi) is 4.47. The summed E-state index contributed by atoms with van der Waals surface area (Å²) in [5, 5.41) is 2.58. The second-order valence-electron chi connectivity index (χ2n) is 5.15. The van der Waals surface area contributed by atoms with Crippen LogP contribution in [0.3, 0.4) is 0 Å². The fourth-order valence-corrected chi connectivity index (χ4v) is 2.24. The predicted molar refractivity (Wildman–Crippen MR) is 88.4 cm³/mol. The Morgan fingerprint density at radius 3 is 2.58 bits per heavy atom. The molecule has 0 aliphatic rings. The highest BCUT2D eigenvalue weighted by Crippen LogP contribution is 2.06. The predicted octanol–water partition coefficient (Wildman–Crippen LogP) is 2.68. The third-order valence-electron chi connectivity index (χ3n) is 3.44. The van der Waals surface area contributed by atoms with Gasteiger partial charge in [-0.15, -0.1) is 0 Å². The minimum Gasteiger partial charge on any atom is -0.310 e. The number of hydrogen-bond donors (Lipinski definition) is 1. The van der Waals surface area contributed by atoms with Crippen molar-refractivity contribution >= 4 is 11.7 Å². The van der Waals surface area contributed by atoms with Gasteiger partial charge in [0.1, 0.15) is 17.2 Å². The molecule has 1 N–H and O–H groups in total. The van der Waals surface area contributed by atoms with E-state index in [0.717, 1.165) is 5.56 Å². The van der Waals surface area contributed by atoms with Crippen LogP contribution in [0.25, 0.3) is 0 Å². The van der Waals surface area contributed by atoms with E-state index in [4.69, 9.17) is 0 Å². The average Bonchev–Trinajstić information content (AvgIpc) is 2.59. The van der Waals surface area contributed by atoms with E-state index in [2.05, 4.69) is 10.3 Å². The van der Waals surface area contributed by atoms with Crippen LogP contribution in [0.15, 0.2) is 71.8 Å². The number of nitrogens with one attached hydrogen (secondary N) is 1. The number of rotatable bonds is 4.